The van der Waals surface area contributed by atoms with E-state index < -0.39 is 16.7 Å². The molecule has 1 amide bonds. The molecule has 9 heteroatoms. The molecule has 0 atom stereocenters. The summed E-state index contributed by atoms with van der Waals surface area (Å²) in [6, 6.07) is 10.1. The second-order valence-electron chi connectivity index (χ2n) is 6.65. The maximum atomic E-state index is 13.1. The predicted octanol–water partition coefficient (Wildman–Crippen LogP) is 2.88. The van der Waals surface area contributed by atoms with Crippen molar-refractivity contribution in [3.8, 4) is 0 Å². The van der Waals surface area contributed by atoms with Crippen LogP contribution in [0.2, 0.25) is 0 Å². The normalized spacial score (nSPS) is 14.1. The van der Waals surface area contributed by atoms with Gasteiger partial charge in [-0.2, -0.15) is 0 Å². The first-order valence-electron chi connectivity index (χ1n) is 9.23. The average Bonchev–Trinajstić information content (AvgIpc) is 2.77. The fourth-order valence-electron chi connectivity index (χ4n) is 3.22. The number of amides is 1. The molecule has 1 heterocycles. The number of esters is 1. The average molecular weight is 413 g/mol. The van der Waals surface area contributed by atoms with E-state index in [1.165, 1.54) is 49.6 Å². The maximum Gasteiger partial charge on any atom is 0.330 e. The summed E-state index contributed by atoms with van der Waals surface area (Å²) in [5.74, 6) is -1.16. The second kappa shape index (κ2) is 9.17. The zero-order valence-electron chi connectivity index (χ0n) is 16.3. The van der Waals surface area contributed by atoms with Crippen molar-refractivity contribution in [2.75, 3.05) is 38.2 Å². The molecule has 1 saturated heterocycles. The lowest BCUT2D eigenvalue weighted by atomic mass is 10.1. The van der Waals surface area contributed by atoms with Crippen LogP contribution in [0.3, 0.4) is 0 Å². The zero-order valence-corrected chi connectivity index (χ0v) is 16.3. The number of nitro benzene ring substituents is 1. The first-order valence-corrected chi connectivity index (χ1v) is 9.23. The van der Waals surface area contributed by atoms with Crippen LogP contribution in [0, 0.1) is 15.9 Å². The van der Waals surface area contributed by atoms with E-state index in [-0.39, 0.29) is 11.6 Å². The molecule has 8 nitrogen and oxygen atoms in total. The zero-order chi connectivity index (χ0) is 21.7. The largest absolute Gasteiger partial charge is 0.466 e. The Kier molecular flexibility index (Phi) is 6.41. The molecular formula is C21H20FN3O5. The lowest BCUT2D eigenvalue weighted by Gasteiger charge is -2.35. The summed E-state index contributed by atoms with van der Waals surface area (Å²) < 4.78 is 17.6. The quantitative estimate of drug-likeness (QED) is 0.324. The third-order valence-corrected chi connectivity index (χ3v) is 4.81. The predicted molar refractivity (Wildman–Crippen MR) is 109 cm³/mol. The lowest BCUT2D eigenvalue weighted by molar-refractivity contribution is -0.384. The van der Waals surface area contributed by atoms with Gasteiger partial charge in [-0.15, -0.1) is 0 Å². The summed E-state index contributed by atoms with van der Waals surface area (Å²) in [7, 11) is 1.25. The van der Waals surface area contributed by atoms with E-state index in [2.05, 4.69) is 4.74 Å². The van der Waals surface area contributed by atoms with E-state index in [4.69, 9.17) is 0 Å². The van der Waals surface area contributed by atoms with Crippen molar-refractivity contribution in [1.29, 1.82) is 0 Å². The highest BCUT2D eigenvalue weighted by molar-refractivity contribution is 5.94. The number of piperazine rings is 1. The molecule has 2 aromatic carbocycles. The molecule has 0 spiro atoms. The van der Waals surface area contributed by atoms with Gasteiger partial charge in [0.05, 0.1) is 12.0 Å². The lowest BCUT2D eigenvalue weighted by Crippen LogP contribution is -2.49. The molecule has 156 valence electrons. The van der Waals surface area contributed by atoms with E-state index in [1.54, 1.807) is 17.0 Å². The highest BCUT2D eigenvalue weighted by Gasteiger charge is 2.26. The molecule has 1 aliphatic heterocycles. The summed E-state index contributed by atoms with van der Waals surface area (Å²) in [6.07, 6.45) is 2.64. The number of rotatable bonds is 5. The van der Waals surface area contributed by atoms with Gasteiger partial charge in [0, 0.05) is 43.9 Å². The first-order chi connectivity index (χ1) is 14.4. The maximum absolute atomic E-state index is 13.1. The molecule has 0 bridgehead atoms. The highest BCUT2D eigenvalue weighted by atomic mass is 19.1. The number of hydrogen-bond donors (Lipinski definition) is 0. The number of nitrogens with zero attached hydrogens (tertiary/aromatic N) is 3. The Balaban J connectivity index is 1.72. The monoisotopic (exact) mass is 413 g/mol. The van der Waals surface area contributed by atoms with Crippen molar-refractivity contribution >= 4 is 29.3 Å². The summed E-state index contributed by atoms with van der Waals surface area (Å²) in [5.41, 5.74) is 1.27. The van der Waals surface area contributed by atoms with Crippen molar-refractivity contribution in [2.24, 2.45) is 0 Å². The van der Waals surface area contributed by atoms with E-state index in [9.17, 15) is 24.1 Å². The Labute approximate surface area is 172 Å². The van der Waals surface area contributed by atoms with E-state index in [0.29, 0.717) is 43.0 Å². The van der Waals surface area contributed by atoms with Gasteiger partial charge in [0.25, 0.3) is 11.6 Å². The molecule has 0 aromatic heterocycles. The Bertz CT molecular complexity index is 983. The van der Waals surface area contributed by atoms with Crippen molar-refractivity contribution in [3.05, 3.63) is 75.6 Å². The minimum Gasteiger partial charge on any atom is -0.466 e. The molecule has 0 aliphatic carbocycles. The van der Waals surface area contributed by atoms with E-state index >= 15 is 0 Å². The van der Waals surface area contributed by atoms with E-state index in [0.717, 1.165) is 0 Å². The summed E-state index contributed by atoms with van der Waals surface area (Å²) >= 11 is 0. The van der Waals surface area contributed by atoms with Crippen molar-refractivity contribution < 1.29 is 23.6 Å². The molecule has 0 N–H and O–H groups in total. The number of ether oxygens (including phenoxy) is 1. The molecule has 0 saturated carbocycles. The number of hydrogen-bond acceptors (Lipinski definition) is 6. The van der Waals surface area contributed by atoms with Crippen LogP contribution >= 0.6 is 0 Å². The topological polar surface area (TPSA) is 93.0 Å². The van der Waals surface area contributed by atoms with Crippen LogP contribution in [0.1, 0.15) is 15.9 Å². The van der Waals surface area contributed by atoms with Crippen LogP contribution in [-0.4, -0.2) is 55.0 Å². The van der Waals surface area contributed by atoms with E-state index in [1.807, 2.05) is 4.90 Å². The number of halogens is 1. The number of carbonyl (C=O) groups excluding carboxylic acids is 2. The number of benzene rings is 2. The van der Waals surface area contributed by atoms with Crippen LogP contribution in [0.5, 0.6) is 0 Å². The third-order valence-electron chi connectivity index (χ3n) is 4.81. The van der Waals surface area contributed by atoms with Crippen LogP contribution in [0.25, 0.3) is 6.08 Å². The van der Waals surface area contributed by atoms with Gasteiger partial charge in [-0.05, 0) is 42.0 Å². The SMILES string of the molecule is COC(=O)/C=C/c1ccc(N2CCN(C(=O)c3ccc(F)cc3)CC2)c([N+](=O)[O-])c1. The van der Waals surface area contributed by atoms with Gasteiger partial charge in [-0.3, -0.25) is 14.9 Å². The molecule has 3 rings (SSSR count). The first kappa shape index (κ1) is 21.0. The van der Waals surface area contributed by atoms with Gasteiger partial charge >= 0.3 is 5.97 Å². The van der Waals surface area contributed by atoms with Crippen LogP contribution < -0.4 is 4.90 Å². The molecule has 1 fully saturated rings. The van der Waals surface area contributed by atoms with Crippen molar-refractivity contribution in [1.82, 2.24) is 4.90 Å². The molecule has 2 aromatic rings. The number of methoxy groups -OCH3 is 1. The molecular weight excluding hydrogens is 393 g/mol. The minimum absolute atomic E-state index is 0.0830. The Hall–Kier alpha value is -3.75. The Morgan fingerprint density at radius 3 is 2.37 bits per heavy atom. The smallest absolute Gasteiger partial charge is 0.330 e. The fourth-order valence-corrected chi connectivity index (χ4v) is 3.22. The Morgan fingerprint density at radius 2 is 1.77 bits per heavy atom. The van der Waals surface area contributed by atoms with Crippen LogP contribution in [-0.2, 0) is 9.53 Å². The van der Waals surface area contributed by atoms with Gasteiger partial charge in [0.2, 0.25) is 0 Å². The van der Waals surface area contributed by atoms with Gasteiger partial charge in [-0.25, -0.2) is 9.18 Å². The van der Waals surface area contributed by atoms with Gasteiger partial charge in [0.1, 0.15) is 11.5 Å². The van der Waals surface area contributed by atoms with Crippen molar-refractivity contribution in [3.63, 3.8) is 0 Å². The van der Waals surface area contributed by atoms with Gasteiger partial charge < -0.3 is 14.5 Å². The fraction of sp³-hybridized carbons (Fsp3) is 0.238. The molecule has 30 heavy (non-hydrogen) atoms. The van der Waals surface area contributed by atoms with Crippen molar-refractivity contribution in [2.45, 2.75) is 0 Å². The Morgan fingerprint density at radius 1 is 1.10 bits per heavy atom. The number of anilines is 1. The highest BCUT2D eigenvalue weighted by Crippen LogP contribution is 2.30. The number of carbonyl (C=O) groups is 2. The molecule has 0 radical (unpaired) electrons. The third kappa shape index (κ3) is 4.80. The van der Waals surface area contributed by atoms with Crippen LogP contribution in [0.4, 0.5) is 15.8 Å². The standard InChI is InChI=1S/C21H20FN3O5/c1-30-20(26)9-3-15-2-8-18(19(14-15)25(28)29)23-10-12-24(13-11-23)21(27)16-4-6-17(22)7-5-16/h2-9,14H,10-13H2,1H3/b9-3+. The summed E-state index contributed by atoms with van der Waals surface area (Å²) in [6.45, 7) is 1.62. The van der Waals surface area contributed by atoms with Gasteiger partial charge in [-0.1, -0.05) is 6.07 Å². The minimum atomic E-state index is -0.552. The molecule has 0 unspecified atom stereocenters. The number of nitro groups is 1. The molecule has 1 aliphatic rings. The van der Waals surface area contributed by atoms with Crippen LogP contribution in [0.15, 0.2) is 48.5 Å². The summed E-state index contributed by atoms with van der Waals surface area (Å²) in [5, 5.41) is 11.6. The van der Waals surface area contributed by atoms with Gasteiger partial charge in [0.15, 0.2) is 0 Å². The second-order valence-corrected chi connectivity index (χ2v) is 6.65. The summed E-state index contributed by atoms with van der Waals surface area (Å²) in [4.78, 5) is 38.4.